The van der Waals surface area contributed by atoms with Gasteiger partial charge in [0.15, 0.2) is 0 Å². The second kappa shape index (κ2) is 15.3. The lowest BCUT2D eigenvalue weighted by Crippen LogP contribution is -2.42. The van der Waals surface area contributed by atoms with E-state index in [1.54, 1.807) is 58.3 Å². The quantitative estimate of drug-likeness (QED) is 0.0992. The number of fused-ring (bicyclic) bond motifs is 2. The van der Waals surface area contributed by atoms with Crippen LogP contribution < -0.4 is 10.6 Å². The van der Waals surface area contributed by atoms with E-state index in [-0.39, 0.29) is 23.9 Å². The van der Waals surface area contributed by atoms with E-state index >= 15 is 0 Å². The summed E-state index contributed by atoms with van der Waals surface area (Å²) in [6.07, 6.45) is 0.356. The number of benzene rings is 4. The summed E-state index contributed by atoms with van der Waals surface area (Å²) >= 11 is 0. The highest BCUT2D eigenvalue weighted by Crippen LogP contribution is 2.35. The van der Waals surface area contributed by atoms with Gasteiger partial charge in [-0.1, -0.05) is 72.5 Å². The number of nitrogens with one attached hydrogen (secondary N) is 4. The van der Waals surface area contributed by atoms with Crippen molar-refractivity contribution in [1.82, 2.24) is 40.4 Å². The molecule has 14 nitrogen and oxygen atoms in total. The molecule has 14 heteroatoms. The third-order valence-electron chi connectivity index (χ3n) is 10.3. The number of aromatic amines is 2. The Bertz CT molecular complexity index is 2330. The third-order valence-corrected chi connectivity index (χ3v) is 10.3. The van der Waals surface area contributed by atoms with Crippen LogP contribution in [0.1, 0.15) is 83.8 Å². The van der Waals surface area contributed by atoms with Crippen molar-refractivity contribution in [2.45, 2.75) is 49.9 Å². The standard InChI is InChI=1S/C42H38N8O6/c51-39(35(47-41(53)54)27-9-3-1-4-10-27)49-21-7-13-33(49)37-43-29-19-17-25(23-31(29)45-37)15-16-26-18-20-30-32(24-26)46-38(44-30)34-14-8-22-50(34)40(52)36(48-42(55)56)28-11-5-2-6-12-28/h1-6,9-12,17-20,23-24,33-36,47-48H,7-8,13-14,21-22H2,(H,43,45)(H,44,46)(H,53,54)(H,55,56)/t33-,34?,35+,36?/m0/s1. The highest BCUT2D eigenvalue weighted by Gasteiger charge is 2.38. The number of rotatable bonds is 8. The normalized spacial score (nSPS) is 17.6. The minimum Gasteiger partial charge on any atom is -0.465 e. The molecule has 2 saturated heterocycles. The Morgan fingerprint density at radius 3 is 1.43 bits per heavy atom. The number of imidazole rings is 2. The summed E-state index contributed by atoms with van der Waals surface area (Å²) in [6.45, 7) is 0.972. The molecule has 0 bridgehead atoms. The molecule has 4 heterocycles. The van der Waals surface area contributed by atoms with E-state index < -0.39 is 24.3 Å². The van der Waals surface area contributed by atoms with Crippen molar-refractivity contribution in [3.63, 3.8) is 0 Å². The predicted octanol–water partition coefficient (Wildman–Crippen LogP) is 6.18. The largest absolute Gasteiger partial charge is 0.465 e. The Balaban J connectivity index is 0.990. The minimum atomic E-state index is -1.27. The fourth-order valence-electron chi connectivity index (χ4n) is 7.75. The van der Waals surface area contributed by atoms with E-state index in [2.05, 4.69) is 32.4 Å². The molecule has 4 atom stereocenters. The van der Waals surface area contributed by atoms with Crippen molar-refractivity contribution in [3.05, 3.63) is 131 Å². The van der Waals surface area contributed by atoms with Crippen LogP contribution in [0.4, 0.5) is 9.59 Å². The van der Waals surface area contributed by atoms with Crippen LogP contribution >= 0.6 is 0 Å². The number of carbonyl (C=O) groups excluding carboxylic acids is 2. The molecule has 4 aromatic carbocycles. The number of aromatic nitrogens is 4. The number of nitrogens with zero attached hydrogens (tertiary/aromatic N) is 4. The number of likely N-dealkylation sites (tertiary alicyclic amines) is 2. The molecule has 0 saturated carbocycles. The van der Waals surface area contributed by atoms with Crippen LogP contribution in [0.25, 0.3) is 22.1 Å². The Morgan fingerprint density at radius 1 is 0.625 bits per heavy atom. The maximum absolute atomic E-state index is 13.7. The molecule has 2 aliphatic heterocycles. The van der Waals surface area contributed by atoms with Crippen LogP contribution in [0, 0.1) is 11.8 Å². The smallest absolute Gasteiger partial charge is 0.405 e. The average molecular weight is 751 g/mol. The first-order valence-electron chi connectivity index (χ1n) is 18.4. The zero-order chi connectivity index (χ0) is 38.8. The van der Waals surface area contributed by atoms with Gasteiger partial charge in [0, 0.05) is 24.2 Å². The summed E-state index contributed by atoms with van der Waals surface area (Å²) in [7, 11) is 0. The SMILES string of the molecule is O=C(O)NC(C(=O)N1CCCC1c1nc2ccc(C#Cc3ccc4nc([C@@H]5CCCN5C(=O)[C@H](NC(=O)O)c5ccccc5)[nH]c4c3)cc2[nH]1)c1ccccc1. The van der Waals surface area contributed by atoms with Gasteiger partial charge >= 0.3 is 12.2 Å². The van der Waals surface area contributed by atoms with Crippen molar-refractivity contribution in [2.75, 3.05) is 13.1 Å². The Labute approximate surface area is 321 Å². The van der Waals surface area contributed by atoms with Gasteiger partial charge in [0.05, 0.1) is 34.2 Å². The highest BCUT2D eigenvalue weighted by atomic mass is 16.4. The van der Waals surface area contributed by atoms with Crippen LogP contribution in [0.15, 0.2) is 97.1 Å². The van der Waals surface area contributed by atoms with Crippen LogP contribution in [0.3, 0.4) is 0 Å². The molecule has 6 aromatic rings. The molecule has 0 aliphatic carbocycles. The molecule has 56 heavy (non-hydrogen) atoms. The lowest BCUT2D eigenvalue weighted by atomic mass is 10.1. The highest BCUT2D eigenvalue weighted by molar-refractivity contribution is 5.88. The molecule has 2 aliphatic rings. The fraction of sp³-hybridized carbons (Fsp3) is 0.238. The molecule has 0 radical (unpaired) electrons. The van der Waals surface area contributed by atoms with E-state index in [1.807, 2.05) is 48.5 Å². The first kappa shape index (κ1) is 35.9. The van der Waals surface area contributed by atoms with Gasteiger partial charge in [0.25, 0.3) is 11.8 Å². The van der Waals surface area contributed by atoms with Crippen LogP contribution in [-0.2, 0) is 9.59 Å². The molecule has 2 fully saturated rings. The molecule has 2 unspecified atom stereocenters. The van der Waals surface area contributed by atoms with E-state index in [4.69, 9.17) is 9.97 Å². The van der Waals surface area contributed by atoms with Crippen molar-refractivity contribution in [3.8, 4) is 11.8 Å². The zero-order valence-corrected chi connectivity index (χ0v) is 30.1. The fourth-order valence-corrected chi connectivity index (χ4v) is 7.75. The predicted molar refractivity (Wildman–Crippen MR) is 206 cm³/mol. The summed E-state index contributed by atoms with van der Waals surface area (Å²) in [4.78, 5) is 70.5. The van der Waals surface area contributed by atoms with Gasteiger partial charge in [-0.25, -0.2) is 19.6 Å². The average Bonchev–Trinajstić information content (AvgIpc) is 4.03. The van der Waals surface area contributed by atoms with Gasteiger partial charge in [-0.05, 0) is 73.2 Å². The van der Waals surface area contributed by atoms with Crippen molar-refractivity contribution in [2.24, 2.45) is 0 Å². The van der Waals surface area contributed by atoms with Gasteiger partial charge in [-0.3, -0.25) is 9.59 Å². The molecule has 282 valence electrons. The zero-order valence-electron chi connectivity index (χ0n) is 30.1. The van der Waals surface area contributed by atoms with E-state index in [0.717, 1.165) is 46.0 Å². The van der Waals surface area contributed by atoms with E-state index in [1.165, 1.54) is 0 Å². The maximum Gasteiger partial charge on any atom is 0.405 e. The number of carboxylic acid groups (broad SMARTS) is 2. The second-order valence-corrected chi connectivity index (χ2v) is 13.9. The summed E-state index contributed by atoms with van der Waals surface area (Å²) in [6, 6.07) is 26.3. The van der Waals surface area contributed by atoms with Crippen molar-refractivity contribution in [1.29, 1.82) is 0 Å². The van der Waals surface area contributed by atoms with Crippen molar-refractivity contribution >= 4 is 46.1 Å². The first-order chi connectivity index (χ1) is 27.2. The van der Waals surface area contributed by atoms with Crippen molar-refractivity contribution < 1.29 is 29.4 Å². The Hall–Kier alpha value is -7.14. The van der Waals surface area contributed by atoms with E-state index in [0.29, 0.717) is 48.7 Å². The van der Waals surface area contributed by atoms with E-state index in [9.17, 15) is 29.4 Å². The monoisotopic (exact) mass is 750 g/mol. The molecule has 8 rings (SSSR count). The number of carbonyl (C=O) groups is 4. The molecule has 2 aromatic heterocycles. The topological polar surface area (TPSA) is 197 Å². The van der Waals surface area contributed by atoms with Gasteiger partial charge in [0.1, 0.15) is 23.7 Å². The lowest BCUT2D eigenvalue weighted by Gasteiger charge is -2.28. The molecule has 6 N–H and O–H groups in total. The molecular weight excluding hydrogens is 713 g/mol. The number of H-pyrrole nitrogens is 2. The number of hydrogen-bond acceptors (Lipinski definition) is 6. The first-order valence-corrected chi connectivity index (χ1v) is 18.4. The summed E-state index contributed by atoms with van der Waals surface area (Å²) in [5.41, 5.74) is 5.66. The Kier molecular flexibility index (Phi) is 9.80. The third kappa shape index (κ3) is 7.34. The number of hydrogen-bond donors (Lipinski definition) is 6. The lowest BCUT2D eigenvalue weighted by molar-refractivity contribution is -0.135. The maximum atomic E-state index is 13.7. The molecule has 0 spiro atoms. The minimum absolute atomic E-state index is 0.326. The van der Waals surface area contributed by atoms with Gasteiger partial charge in [0.2, 0.25) is 0 Å². The number of amides is 4. The molecular formula is C42H38N8O6. The van der Waals surface area contributed by atoms with Crippen LogP contribution in [0.5, 0.6) is 0 Å². The van der Waals surface area contributed by atoms with Gasteiger partial charge in [-0.15, -0.1) is 0 Å². The second-order valence-electron chi connectivity index (χ2n) is 13.9. The summed E-state index contributed by atoms with van der Waals surface area (Å²) in [5, 5.41) is 23.8. The Morgan fingerprint density at radius 2 is 1.04 bits per heavy atom. The molecule has 4 amide bonds. The summed E-state index contributed by atoms with van der Waals surface area (Å²) in [5.74, 6) is 7.09. The van der Waals surface area contributed by atoms with Crippen LogP contribution in [0.2, 0.25) is 0 Å². The van der Waals surface area contributed by atoms with Crippen LogP contribution in [-0.4, -0.2) is 77.0 Å². The van der Waals surface area contributed by atoms with Gasteiger partial charge < -0.3 is 40.6 Å². The summed E-state index contributed by atoms with van der Waals surface area (Å²) < 4.78 is 0. The van der Waals surface area contributed by atoms with Gasteiger partial charge in [-0.2, -0.15) is 0 Å².